The van der Waals surface area contributed by atoms with Gasteiger partial charge < -0.3 is 10.6 Å². The number of halogens is 1. The van der Waals surface area contributed by atoms with Gasteiger partial charge in [0.2, 0.25) is 11.8 Å². The van der Waals surface area contributed by atoms with Crippen LogP contribution in [-0.4, -0.2) is 18.4 Å². The Hall–Kier alpha value is -1.55. The van der Waals surface area contributed by atoms with E-state index in [2.05, 4.69) is 10.6 Å². The average molecular weight is 239 g/mol. The van der Waals surface area contributed by atoms with Crippen molar-refractivity contribution in [3.05, 3.63) is 29.3 Å². The summed E-state index contributed by atoms with van der Waals surface area (Å²) < 4.78 is 0. The predicted molar refractivity (Wildman–Crippen MR) is 61.2 cm³/mol. The van der Waals surface area contributed by atoms with Gasteiger partial charge in [-0.15, -0.1) is 0 Å². The lowest BCUT2D eigenvalue weighted by atomic mass is 10.1. The molecule has 5 heteroatoms. The molecule has 1 aliphatic heterocycles. The van der Waals surface area contributed by atoms with Crippen LogP contribution in [0.5, 0.6) is 0 Å². The number of anilines is 1. The number of hydrogen-bond donors (Lipinski definition) is 2. The van der Waals surface area contributed by atoms with E-state index in [0.717, 1.165) is 0 Å². The molecular formula is C11H11ClN2O2. The molecule has 1 aromatic rings. The molecule has 1 unspecified atom stereocenters. The summed E-state index contributed by atoms with van der Waals surface area (Å²) in [4.78, 5) is 22.7. The first kappa shape index (κ1) is 11.0. The number of amides is 2. The first-order valence-electron chi connectivity index (χ1n) is 4.98. The molecule has 1 aromatic carbocycles. The summed E-state index contributed by atoms with van der Waals surface area (Å²) >= 11 is 5.73. The van der Waals surface area contributed by atoms with Gasteiger partial charge >= 0.3 is 0 Å². The molecule has 84 valence electrons. The van der Waals surface area contributed by atoms with Crippen molar-refractivity contribution in [1.29, 1.82) is 0 Å². The molecule has 2 N–H and O–H groups in total. The highest BCUT2D eigenvalue weighted by Crippen LogP contribution is 2.16. The van der Waals surface area contributed by atoms with E-state index in [9.17, 15) is 9.59 Å². The van der Waals surface area contributed by atoms with Crippen molar-refractivity contribution in [2.24, 2.45) is 5.92 Å². The normalized spacial score (nSPS) is 19.3. The highest BCUT2D eigenvalue weighted by atomic mass is 35.5. The van der Waals surface area contributed by atoms with Crippen LogP contribution in [0.2, 0.25) is 5.02 Å². The smallest absolute Gasteiger partial charge is 0.229 e. The van der Waals surface area contributed by atoms with Crippen LogP contribution in [0.4, 0.5) is 5.69 Å². The lowest BCUT2D eigenvalue weighted by Gasteiger charge is -2.08. The second-order valence-electron chi connectivity index (χ2n) is 3.70. The second kappa shape index (κ2) is 4.53. The lowest BCUT2D eigenvalue weighted by Crippen LogP contribution is -2.24. The fourth-order valence-corrected chi connectivity index (χ4v) is 1.69. The molecule has 0 bridgehead atoms. The number of carbonyl (C=O) groups is 2. The topological polar surface area (TPSA) is 58.2 Å². The van der Waals surface area contributed by atoms with Gasteiger partial charge in [-0.05, 0) is 24.3 Å². The number of nitrogens with one attached hydrogen (secondary N) is 2. The molecule has 1 aliphatic rings. The maximum absolute atomic E-state index is 11.7. The summed E-state index contributed by atoms with van der Waals surface area (Å²) in [5, 5.41) is 5.99. The zero-order valence-corrected chi connectivity index (χ0v) is 9.25. The maximum atomic E-state index is 11.7. The van der Waals surface area contributed by atoms with Gasteiger partial charge in [0.15, 0.2) is 0 Å². The van der Waals surface area contributed by atoms with Gasteiger partial charge in [0, 0.05) is 23.7 Å². The quantitative estimate of drug-likeness (QED) is 0.819. The van der Waals surface area contributed by atoms with Crippen LogP contribution < -0.4 is 10.6 Å². The molecule has 1 atom stereocenters. The fraction of sp³-hybridized carbons (Fsp3) is 0.273. The van der Waals surface area contributed by atoms with Crippen molar-refractivity contribution in [2.45, 2.75) is 6.42 Å². The van der Waals surface area contributed by atoms with E-state index >= 15 is 0 Å². The number of carbonyl (C=O) groups excluding carboxylic acids is 2. The molecule has 0 saturated carbocycles. The zero-order valence-electron chi connectivity index (χ0n) is 8.50. The Morgan fingerprint density at radius 1 is 1.38 bits per heavy atom. The number of hydrogen-bond acceptors (Lipinski definition) is 2. The lowest BCUT2D eigenvalue weighted by molar-refractivity contribution is -0.123. The van der Waals surface area contributed by atoms with Crippen molar-refractivity contribution in [3.63, 3.8) is 0 Å². The van der Waals surface area contributed by atoms with Gasteiger partial charge in [-0.1, -0.05) is 11.6 Å². The SMILES string of the molecule is O=C1CC(C(=O)Nc2ccc(Cl)cc2)CN1. The van der Waals surface area contributed by atoms with Gasteiger partial charge in [-0.2, -0.15) is 0 Å². The third-order valence-electron chi connectivity index (χ3n) is 2.46. The summed E-state index contributed by atoms with van der Waals surface area (Å²) in [6.07, 6.45) is 0.263. The maximum Gasteiger partial charge on any atom is 0.229 e. The molecule has 0 spiro atoms. The summed E-state index contributed by atoms with van der Waals surface area (Å²) in [5.74, 6) is -0.486. The summed E-state index contributed by atoms with van der Waals surface area (Å²) in [7, 11) is 0. The van der Waals surface area contributed by atoms with Crippen LogP contribution in [0.1, 0.15) is 6.42 Å². The average Bonchev–Trinajstić information content (AvgIpc) is 2.68. The van der Waals surface area contributed by atoms with Crippen molar-refractivity contribution in [3.8, 4) is 0 Å². The second-order valence-corrected chi connectivity index (χ2v) is 4.14. The Balaban J connectivity index is 1.97. The van der Waals surface area contributed by atoms with Gasteiger partial charge in [0.25, 0.3) is 0 Å². The van der Waals surface area contributed by atoms with E-state index in [1.54, 1.807) is 24.3 Å². The van der Waals surface area contributed by atoms with Gasteiger partial charge in [0.05, 0.1) is 5.92 Å². The largest absolute Gasteiger partial charge is 0.355 e. The van der Waals surface area contributed by atoms with Crippen LogP contribution in [0.15, 0.2) is 24.3 Å². The first-order valence-corrected chi connectivity index (χ1v) is 5.36. The van der Waals surface area contributed by atoms with Crippen LogP contribution in [0, 0.1) is 5.92 Å². The van der Waals surface area contributed by atoms with Crippen LogP contribution >= 0.6 is 11.6 Å². The minimum atomic E-state index is -0.275. The first-order chi connectivity index (χ1) is 7.65. The van der Waals surface area contributed by atoms with Crippen molar-refractivity contribution < 1.29 is 9.59 Å². The van der Waals surface area contributed by atoms with E-state index in [0.29, 0.717) is 17.3 Å². The molecule has 0 aromatic heterocycles. The minimum absolute atomic E-state index is 0.0729. The van der Waals surface area contributed by atoms with Gasteiger partial charge in [-0.25, -0.2) is 0 Å². The van der Waals surface area contributed by atoms with E-state index in [1.807, 2.05) is 0 Å². The van der Waals surface area contributed by atoms with Crippen LogP contribution in [0.3, 0.4) is 0 Å². The summed E-state index contributed by atoms with van der Waals surface area (Å²) in [6.45, 7) is 0.415. The minimum Gasteiger partial charge on any atom is -0.355 e. The third kappa shape index (κ3) is 2.52. The highest BCUT2D eigenvalue weighted by Gasteiger charge is 2.27. The standard InChI is InChI=1S/C11H11ClN2O2/c12-8-1-3-9(4-2-8)14-11(16)7-5-10(15)13-6-7/h1-4,7H,5-6H2,(H,13,15)(H,14,16). The molecule has 1 fully saturated rings. The Morgan fingerprint density at radius 3 is 2.62 bits per heavy atom. The third-order valence-corrected chi connectivity index (χ3v) is 2.71. The molecule has 2 amide bonds. The van der Waals surface area contributed by atoms with Gasteiger partial charge in [0.1, 0.15) is 0 Å². The summed E-state index contributed by atoms with van der Waals surface area (Å²) in [5.41, 5.74) is 0.689. The van der Waals surface area contributed by atoms with Crippen LogP contribution in [-0.2, 0) is 9.59 Å². The molecule has 2 rings (SSSR count). The Kier molecular flexibility index (Phi) is 3.10. The highest BCUT2D eigenvalue weighted by molar-refractivity contribution is 6.30. The Morgan fingerprint density at radius 2 is 2.06 bits per heavy atom. The van der Waals surface area contributed by atoms with Crippen molar-refractivity contribution >= 4 is 29.1 Å². The summed E-state index contributed by atoms with van der Waals surface area (Å²) in [6, 6.07) is 6.86. The monoisotopic (exact) mass is 238 g/mol. The zero-order chi connectivity index (χ0) is 11.5. The fourth-order valence-electron chi connectivity index (χ4n) is 1.57. The van der Waals surface area contributed by atoms with E-state index in [-0.39, 0.29) is 24.2 Å². The van der Waals surface area contributed by atoms with Gasteiger partial charge in [-0.3, -0.25) is 9.59 Å². The Labute approximate surface area is 98.0 Å². The molecule has 1 saturated heterocycles. The van der Waals surface area contributed by atoms with E-state index < -0.39 is 0 Å². The molecule has 4 nitrogen and oxygen atoms in total. The molecular weight excluding hydrogens is 228 g/mol. The Bertz CT molecular complexity index is 416. The molecule has 1 heterocycles. The molecule has 0 aliphatic carbocycles. The molecule has 0 radical (unpaired) electrons. The number of benzene rings is 1. The molecule has 16 heavy (non-hydrogen) atoms. The van der Waals surface area contributed by atoms with E-state index in [1.165, 1.54) is 0 Å². The predicted octanol–water partition coefficient (Wildman–Crippen LogP) is 1.41. The van der Waals surface area contributed by atoms with Crippen LogP contribution in [0.25, 0.3) is 0 Å². The number of rotatable bonds is 2. The van der Waals surface area contributed by atoms with Crippen molar-refractivity contribution in [1.82, 2.24) is 5.32 Å². The van der Waals surface area contributed by atoms with E-state index in [4.69, 9.17) is 11.6 Å². The van der Waals surface area contributed by atoms with Crippen molar-refractivity contribution in [2.75, 3.05) is 11.9 Å².